The second-order valence-electron chi connectivity index (χ2n) is 7.45. The van der Waals surface area contributed by atoms with Gasteiger partial charge < -0.3 is 19.5 Å². The number of urea groups is 1. The number of benzene rings is 3. The molecular formula is C26H24N2O5. The molecule has 0 aromatic heterocycles. The standard InChI is InChI=1S/C26H24N2O5/c1-31-22-14-20(15-23(32-2)24(22)33-3)25(29)28-26(30)27-21-10-6-9-18(13-21)19-11-16-7-4-5-8-17(16)12-19/h4-11,13-15H,12H2,1-3H3,(H2,27,28,29,30). The summed E-state index contributed by atoms with van der Waals surface area (Å²) in [7, 11) is 4.38. The highest BCUT2D eigenvalue weighted by Crippen LogP contribution is 2.38. The quantitative estimate of drug-likeness (QED) is 0.572. The van der Waals surface area contributed by atoms with E-state index in [1.807, 2.05) is 30.3 Å². The van der Waals surface area contributed by atoms with Gasteiger partial charge in [0.25, 0.3) is 5.91 Å². The van der Waals surface area contributed by atoms with E-state index in [1.165, 1.54) is 50.2 Å². The number of hydrogen-bond acceptors (Lipinski definition) is 5. The van der Waals surface area contributed by atoms with E-state index < -0.39 is 11.9 Å². The summed E-state index contributed by atoms with van der Waals surface area (Å²) in [5.41, 5.74) is 5.45. The fourth-order valence-corrected chi connectivity index (χ4v) is 3.81. The molecule has 0 saturated heterocycles. The first kappa shape index (κ1) is 22.0. The highest BCUT2D eigenvalue weighted by atomic mass is 16.5. The zero-order valence-electron chi connectivity index (χ0n) is 18.6. The van der Waals surface area contributed by atoms with Crippen LogP contribution < -0.4 is 24.8 Å². The molecule has 0 aliphatic heterocycles. The lowest BCUT2D eigenvalue weighted by Crippen LogP contribution is -2.34. The van der Waals surface area contributed by atoms with Gasteiger partial charge in [0, 0.05) is 11.3 Å². The fraction of sp³-hybridized carbons (Fsp3) is 0.154. The molecular weight excluding hydrogens is 420 g/mol. The molecule has 3 aromatic rings. The van der Waals surface area contributed by atoms with Crippen LogP contribution in [0.4, 0.5) is 10.5 Å². The number of allylic oxidation sites excluding steroid dienone is 1. The first-order valence-electron chi connectivity index (χ1n) is 10.3. The minimum atomic E-state index is -0.644. The third kappa shape index (κ3) is 4.67. The minimum Gasteiger partial charge on any atom is -0.493 e. The number of ether oxygens (including phenoxy) is 3. The van der Waals surface area contributed by atoms with Crippen LogP contribution >= 0.6 is 0 Å². The van der Waals surface area contributed by atoms with Gasteiger partial charge in [0.2, 0.25) is 5.75 Å². The lowest BCUT2D eigenvalue weighted by molar-refractivity contribution is 0.0966. The molecule has 33 heavy (non-hydrogen) atoms. The number of amides is 3. The molecule has 0 radical (unpaired) electrons. The van der Waals surface area contributed by atoms with Crippen LogP contribution in [0, 0.1) is 0 Å². The Morgan fingerprint density at radius 2 is 1.58 bits per heavy atom. The van der Waals surface area contributed by atoms with E-state index in [9.17, 15) is 9.59 Å². The van der Waals surface area contributed by atoms with E-state index in [0.29, 0.717) is 22.9 Å². The Morgan fingerprint density at radius 1 is 0.848 bits per heavy atom. The van der Waals surface area contributed by atoms with Crippen molar-refractivity contribution in [1.82, 2.24) is 5.32 Å². The Morgan fingerprint density at radius 3 is 2.24 bits per heavy atom. The number of anilines is 1. The predicted molar refractivity (Wildman–Crippen MR) is 127 cm³/mol. The lowest BCUT2D eigenvalue weighted by Gasteiger charge is -2.14. The predicted octanol–water partition coefficient (Wildman–Crippen LogP) is 4.77. The monoisotopic (exact) mass is 444 g/mol. The second kappa shape index (κ2) is 9.48. The largest absolute Gasteiger partial charge is 0.493 e. The lowest BCUT2D eigenvalue weighted by atomic mass is 10.0. The fourth-order valence-electron chi connectivity index (χ4n) is 3.81. The van der Waals surface area contributed by atoms with E-state index in [0.717, 1.165) is 12.0 Å². The molecule has 2 N–H and O–H groups in total. The molecule has 0 unspecified atom stereocenters. The average Bonchev–Trinajstić information content (AvgIpc) is 3.27. The second-order valence-corrected chi connectivity index (χ2v) is 7.45. The molecule has 0 fully saturated rings. The maximum atomic E-state index is 12.7. The van der Waals surface area contributed by atoms with Crippen LogP contribution in [-0.4, -0.2) is 33.3 Å². The zero-order valence-corrected chi connectivity index (χ0v) is 18.6. The van der Waals surface area contributed by atoms with Gasteiger partial charge in [0.15, 0.2) is 11.5 Å². The summed E-state index contributed by atoms with van der Waals surface area (Å²) in [5.74, 6) is 0.403. The third-order valence-corrected chi connectivity index (χ3v) is 5.41. The van der Waals surface area contributed by atoms with Crippen molar-refractivity contribution in [2.45, 2.75) is 6.42 Å². The molecule has 3 amide bonds. The van der Waals surface area contributed by atoms with E-state index in [-0.39, 0.29) is 5.56 Å². The van der Waals surface area contributed by atoms with Crippen LogP contribution in [0.2, 0.25) is 0 Å². The van der Waals surface area contributed by atoms with Crippen molar-refractivity contribution >= 4 is 29.3 Å². The summed E-state index contributed by atoms with van der Waals surface area (Å²) in [5, 5.41) is 5.05. The molecule has 7 nitrogen and oxygen atoms in total. The number of carbonyl (C=O) groups is 2. The highest BCUT2D eigenvalue weighted by Gasteiger charge is 2.19. The average molecular weight is 444 g/mol. The van der Waals surface area contributed by atoms with Crippen LogP contribution in [0.3, 0.4) is 0 Å². The van der Waals surface area contributed by atoms with Gasteiger partial charge in [-0.25, -0.2) is 4.79 Å². The van der Waals surface area contributed by atoms with Crippen molar-refractivity contribution in [2.75, 3.05) is 26.6 Å². The third-order valence-electron chi connectivity index (χ3n) is 5.41. The van der Waals surface area contributed by atoms with Gasteiger partial charge in [0.05, 0.1) is 21.3 Å². The summed E-state index contributed by atoms with van der Waals surface area (Å²) in [4.78, 5) is 25.1. The van der Waals surface area contributed by atoms with Crippen molar-refractivity contribution in [1.29, 1.82) is 0 Å². The van der Waals surface area contributed by atoms with Crippen LogP contribution in [-0.2, 0) is 6.42 Å². The van der Waals surface area contributed by atoms with E-state index in [2.05, 4.69) is 28.8 Å². The molecule has 1 aliphatic rings. The number of carbonyl (C=O) groups excluding carboxylic acids is 2. The number of nitrogens with one attached hydrogen (secondary N) is 2. The zero-order chi connectivity index (χ0) is 23.4. The first-order valence-corrected chi connectivity index (χ1v) is 10.3. The van der Waals surface area contributed by atoms with Gasteiger partial charge in [-0.15, -0.1) is 0 Å². The molecule has 1 aliphatic carbocycles. The number of fused-ring (bicyclic) bond motifs is 1. The van der Waals surface area contributed by atoms with Crippen LogP contribution in [0.1, 0.15) is 27.0 Å². The van der Waals surface area contributed by atoms with Gasteiger partial charge in [-0.1, -0.05) is 42.5 Å². The Labute approximate surface area is 192 Å². The summed E-state index contributed by atoms with van der Waals surface area (Å²) in [6.07, 6.45) is 2.99. The number of imide groups is 1. The van der Waals surface area contributed by atoms with E-state index >= 15 is 0 Å². The maximum Gasteiger partial charge on any atom is 0.326 e. The smallest absolute Gasteiger partial charge is 0.326 e. The Kier molecular flexibility index (Phi) is 6.31. The molecule has 3 aromatic carbocycles. The van der Waals surface area contributed by atoms with E-state index in [4.69, 9.17) is 14.2 Å². The first-order chi connectivity index (χ1) is 16.0. The van der Waals surface area contributed by atoms with Gasteiger partial charge >= 0.3 is 6.03 Å². The Hall–Kier alpha value is -4.26. The Balaban J connectivity index is 1.46. The van der Waals surface area contributed by atoms with Crippen molar-refractivity contribution in [3.05, 3.63) is 82.9 Å². The summed E-state index contributed by atoms with van der Waals surface area (Å²) in [6, 6.07) is 18.1. The van der Waals surface area contributed by atoms with Crippen molar-refractivity contribution < 1.29 is 23.8 Å². The summed E-state index contributed by atoms with van der Waals surface area (Å²) in [6.45, 7) is 0. The Bertz CT molecular complexity index is 1220. The number of rotatable bonds is 6. The topological polar surface area (TPSA) is 85.9 Å². The van der Waals surface area contributed by atoms with Crippen molar-refractivity contribution in [3.63, 3.8) is 0 Å². The van der Waals surface area contributed by atoms with Gasteiger partial charge in [0.1, 0.15) is 0 Å². The molecule has 0 atom stereocenters. The van der Waals surface area contributed by atoms with Crippen LogP contribution in [0.25, 0.3) is 11.6 Å². The molecule has 7 heteroatoms. The van der Waals surface area contributed by atoms with Crippen LogP contribution in [0.15, 0.2) is 60.7 Å². The highest BCUT2D eigenvalue weighted by molar-refractivity contribution is 6.08. The SMILES string of the molecule is COc1cc(C(=O)NC(=O)Nc2cccc(C3=Cc4ccccc4C3)c2)cc(OC)c1OC. The molecule has 168 valence electrons. The minimum absolute atomic E-state index is 0.197. The van der Waals surface area contributed by atoms with Gasteiger partial charge in [-0.05, 0) is 52.9 Å². The molecule has 0 bridgehead atoms. The van der Waals surface area contributed by atoms with Crippen LogP contribution in [0.5, 0.6) is 17.2 Å². The number of hydrogen-bond donors (Lipinski definition) is 2. The number of methoxy groups -OCH3 is 3. The summed E-state index contributed by atoms with van der Waals surface area (Å²) < 4.78 is 15.8. The maximum absolute atomic E-state index is 12.7. The normalized spacial score (nSPS) is 11.8. The van der Waals surface area contributed by atoms with Crippen molar-refractivity contribution in [3.8, 4) is 17.2 Å². The van der Waals surface area contributed by atoms with Crippen molar-refractivity contribution in [2.24, 2.45) is 0 Å². The summed E-state index contributed by atoms with van der Waals surface area (Å²) >= 11 is 0. The van der Waals surface area contributed by atoms with E-state index in [1.54, 1.807) is 6.07 Å². The molecule has 4 rings (SSSR count). The van der Waals surface area contributed by atoms with Gasteiger partial charge in [-0.2, -0.15) is 0 Å². The van der Waals surface area contributed by atoms with Gasteiger partial charge in [-0.3, -0.25) is 10.1 Å². The molecule has 0 heterocycles. The molecule has 0 spiro atoms. The molecule has 0 saturated carbocycles.